The van der Waals surface area contributed by atoms with Crippen molar-refractivity contribution >= 4 is 61.1 Å². The number of H-pyrrole nitrogens is 1. The zero-order chi connectivity index (χ0) is 45.0. The van der Waals surface area contributed by atoms with Gasteiger partial charge in [0.1, 0.15) is 17.2 Å². The molecule has 2 fully saturated rings. The molecule has 2 saturated heterocycles. The van der Waals surface area contributed by atoms with Crippen LogP contribution in [0.25, 0.3) is 16.5 Å². The number of hydrogen-bond acceptors (Lipinski definition) is 11. The van der Waals surface area contributed by atoms with Crippen LogP contribution in [0.3, 0.4) is 0 Å². The molecule has 3 heterocycles. The summed E-state index contributed by atoms with van der Waals surface area (Å²) in [6.45, 7) is 14.0. The number of ether oxygens (including phenoxy) is 1. The Balaban J connectivity index is 0.973. The Morgan fingerprint density at radius 3 is 2.41 bits per heavy atom. The van der Waals surface area contributed by atoms with Crippen LogP contribution in [0.1, 0.15) is 55.5 Å². The molecular weight excluding hydrogens is 852 g/mol. The van der Waals surface area contributed by atoms with E-state index < -0.39 is 31.4 Å². The second-order valence-corrected chi connectivity index (χ2v) is 20.1. The van der Waals surface area contributed by atoms with E-state index in [9.17, 15) is 23.3 Å². The molecule has 1 aliphatic carbocycles. The number of nitro groups is 1. The minimum absolute atomic E-state index is 0.00449. The average molecular weight is 910 g/mol. The summed E-state index contributed by atoms with van der Waals surface area (Å²) < 4.78 is 36.0. The topological polar surface area (TPSA) is 156 Å². The molecule has 16 heteroatoms. The van der Waals surface area contributed by atoms with E-state index in [1.54, 1.807) is 24.3 Å². The van der Waals surface area contributed by atoms with E-state index in [0.717, 1.165) is 119 Å². The van der Waals surface area contributed by atoms with Crippen molar-refractivity contribution in [3.05, 3.63) is 123 Å². The average Bonchev–Trinajstić information content (AvgIpc) is 3.75. The first-order valence-corrected chi connectivity index (χ1v) is 23.9. The maximum Gasteiger partial charge on any atom is 0.293 e. The van der Waals surface area contributed by atoms with Crippen LogP contribution in [0.2, 0.25) is 5.02 Å². The zero-order valence-electron chi connectivity index (χ0n) is 36.7. The summed E-state index contributed by atoms with van der Waals surface area (Å²) in [6.07, 6.45) is 5.80. The molecule has 3 N–H and O–H groups in total. The molecule has 0 spiro atoms. The van der Waals surface area contributed by atoms with Crippen molar-refractivity contribution in [3.8, 4) is 11.5 Å². The highest BCUT2D eigenvalue weighted by Crippen LogP contribution is 2.43. The van der Waals surface area contributed by atoms with Crippen LogP contribution in [-0.4, -0.2) is 118 Å². The van der Waals surface area contributed by atoms with E-state index in [1.165, 1.54) is 28.8 Å². The predicted octanol–water partition coefficient (Wildman–Crippen LogP) is 8.48. The number of carbonyl (C=O) groups is 1. The van der Waals surface area contributed by atoms with Crippen LogP contribution in [-0.2, 0) is 10.0 Å². The number of halogens is 1. The van der Waals surface area contributed by atoms with E-state index in [-0.39, 0.29) is 22.4 Å². The van der Waals surface area contributed by atoms with E-state index in [0.29, 0.717) is 12.3 Å². The quantitative estimate of drug-likeness (QED) is 0.0526. The fourth-order valence-corrected chi connectivity index (χ4v) is 10.0. The number of nitrogens with one attached hydrogen (secondary N) is 3. The van der Waals surface area contributed by atoms with Gasteiger partial charge in [-0.3, -0.25) is 19.8 Å². The first kappa shape index (κ1) is 45.1. The van der Waals surface area contributed by atoms with Gasteiger partial charge >= 0.3 is 0 Å². The highest BCUT2D eigenvalue weighted by molar-refractivity contribution is 7.90. The summed E-state index contributed by atoms with van der Waals surface area (Å²) in [6, 6.07) is 24.4. The second kappa shape index (κ2) is 19.3. The van der Waals surface area contributed by atoms with Gasteiger partial charge in [-0.15, -0.1) is 0 Å². The van der Waals surface area contributed by atoms with Gasteiger partial charge in [0, 0.05) is 105 Å². The predicted molar refractivity (Wildman–Crippen MR) is 254 cm³/mol. The van der Waals surface area contributed by atoms with Gasteiger partial charge < -0.3 is 29.7 Å². The maximum atomic E-state index is 14.0. The summed E-state index contributed by atoms with van der Waals surface area (Å²) >= 11 is 6.25. The molecule has 0 unspecified atom stereocenters. The lowest BCUT2D eigenvalue weighted by atomic mass is 9.72. The number of amides is 1. The summed E-state index contributed by atoms with van der Waals surface area (Å²) in [5.74, 6) is -0.288. The number of likely N-dealkylation sites (N-methyl/N-ethyl adjacent to an activating group) is 1. The largest absolute Gasteiger partial charge is 0.456 e. The van der Waals surface area contributed by atoms with Gasteiger partial charge in [-0.1, -0.05) is 43.2 Å². The molecule has 8 rings (SSSR count). The van der Waals surface area contributed by atoms with Gasteiger partial charge in [-0.2, -0.15) is 0 Å². The monoisotopic (exact) mass is 908 g/mol. The van der Waals surface area contributed by atoms with Gasteiger partial charge in [0.15, 0.2) is 0 Å². The molecule has 0 saturated carbocycles. The van der Waals surface area contributed by atoms with Gasteiger partial charge in [0.25, 0.3) is 21.6 Å². The van der Waals surface area contributed by atoms with E-state index in [2.05, 4.69) is 67.7 Å². The smallest absolute Gasteiger partial charge is 0.293 e. The van der Waals surface area contributed by atoms with E-state index in [4.69, 9.17) is 16.3 Å². The van der Waals surface area contributed by atoms with Crippen molar-refractivity contribution in [1.29, 1.82) is 0 Å². The van der Waals surface area contributed by atoms with Gasteiger partial charge in [-0.25, -0.2) is 13.1 Å². The lowest BCUT2D eigenvalue weighted by Crippen LogP contribution is -2.47. The van der Waals surface area contributed by atoms with Crippen LogP contribution >= 0.6 is 11.6 Å². The van der Waals surface area contributed by atoms with E-state index in [1.807, 2.05) is 36.5 Å². The Hall–Kier alpha value is -5.45. The lowest BCUT2D eigenvalue weighted by molar-refractivity contribution is -0.384. The molecule has 0 atom stereocenters. The number of sulfonamides is 1. The highest BCUT2D eigenvalue weighted by Gasteiger charge is 2.30. The minimum atomic E-state index is -4.54. The number of benzene rings is 4. The summed E-state index contributed by atoms with van der Waals surface area (Å²) in [4.78, 5) is 37.6. The first-order valence-electron chi connectivity index (χ1n) is 22.0. The molecule has 1 aromatic heterocycles. The van der Waals surface area contributed by atoms with Crippen molar-refractivity contribution < 1.29 is 22.9 Å². The molecule has 5 aromatic rings. The van der Waals surface area contributed by atoms with Crippen molar-refractivity contribution in [2.75, 3.05) is 89.3 Å². The fraction of sp³-hybridized carbons (Fsp3) is 0.396. The van der Waals surface area contributed by atoms with Gasteiger partial charge in [0.05, 0.1) is 15.4 Å². The first-order chi connectivity index (χ1) is 30.7. The number of fused-ring (bicyclic) bond motifs is 1. The molecule has 1 amide bonds. The fourth-order valence-electron chi connectivity index (χ4n) is 8.91. The number of aromatic nitrogens is 1. The minimum Gasteiger partial charge on any atom is -0.456 e. The third kappa shape index (κ3) is 10.9. The Bertz CT molecular complexity index is 2630. The number of piperazine rings is 2. The molecular formula is C48H57ClN8O6S. The molecule has 0 bridgehead atoms. The summed E-state index contributed by atoms with van der Waals surface area (Å²) in [5, 5.41) is 16.9. The molecule has 3 aliphatic rings. The van der Waals surface area contributed by atoms with Crippen molar-refractivity contribution in [3.63, 3.8) is 0 Å². The highest BCUT2D eigenvalue weighted by atomic mass is 35.5. The van der Waals surface area contributed by atoms with Crippen molar-refractivity contribution in [2.24, 2.45) is 5.41 Å². The Morgan fingerprint density at radius 1 is 0.906 bits per heavy atom. The standard InChI is InChI=1S/C48H57ClN8O6S/c1-48(2)17-15-36(42(32-48)34-5-7-37(49)8-6-34)33-55-25-27-56(28-26-55)38-9-12-41(46(30-38)63-39-10-13-43-35(29-39)16-19-51-43)47(58)52-64(61,62)40-11-14-44(45(31-40)57(59)60)50-18-4-20-54-23-21-53(3)22-24-54/h5-14,16,19,29-31,50-51H,4,15,17-18,20-28,32-33H2,1-3H3,(H,52,58). The third-order valence-electron chi connectivity index (χ3n) is 12.8. The lowest BCUT2D eigenvalue weighted by Gasteiger charge is -2.39. The number of nitrogens with zero attached hydrogens (tertiary/aromatic N) is 5. The number of hydrogen-bond donors (Lipinski definition) is 3. The van der Waals surface area contributed by atoms with Crippen molar-refractivity contribution in [2.45, 2.75) is 44.4 Å². The van der Waals surface area contributed by atoms with Gasteiger partial charge in [0.2, 0.25) is 0 Å². The summed E-state index contributed by atoms with van der Waals surface area (Å²) in [7, 11) is -2.44. The number of nitro benzene ring substituents is 1. The van der Waals surface area contributed by atoms with Crippen LogP contribution < -0.4 is 19.7 Å². The van der Waals surface area contributed by atoms with Gasteiger partial charge in [-0.05, 0) is 116 Å². The maximum absolute atomic E-state index is 14.0. The molecule has 64 heavy (non-hydrogen) atoms. The number of carbonyl (C=O) groups excluding carboxylic acids is 1. The third-order valence-corrected chi connectivity index (χ3v) is 14.3. The van der Waals surface area contributed by atoms with Crippen LogP contribution in [0.4, 0.5) is 17.1 Å². The number of rotatable bonds is 15. The zero-order valence-corrected chi connectivity index (χ0v) is 38.3. The van der Waals surface area contributed by atoms with Crippen molar-refractivity contribution in [1.82, 2.24) is 24.4 Å². The number of anilines is 2. The van der Waals surface area contributed by atoms with Crippen LogP contribution in [0, 0.1) is 15.5 Å². The molecule has 4 aromatic carbocycles. The SMILES string of the molecule is CN1CCN(CCCNc2ccc(S(=O)(=O)NC(=O)c3ccc(N4CCN(CC5=C(c6ccc(Cl)cc6)CC(C)(C)CC5)CC4)cc3Oc3ccc4[nH]ccc4c3)cc2[N+](=O)[O-])CC1. The van der Waals surface area contributed by atoms with Crippen LogP contribution in [0.15, 0.2) is 102 Å². The number of aromatic amines is 1. The number of allylic oxidation sites excluding steroid dienone is 1. The Kier molecular flexibility index (Phi) is 13.6. The second-order valence-electron chi connectivity index (χ2n) is 18.0. The Labute approximate surface area is 380 Å². The molecule has 14 nitrogen and oxygen atoms in total. The Morgan fingerprint density at radius 2 is 1.66 bits per heavy atom. The summed E-state index contributed by atoms with van der Waals surface area (Å²) in [5.41, 5.74) is 5.91. The van der Waals surface area contributed by atoms with Crippen LogP contribution in [0.5, 0.6) is 11.5 Å². The van der Waals surface area contributed by atoms with E-state index >= 15 is 0 Å². The molecule has 338 valence electrons. The molecule has 2 aliphatic heterocycles. The normalized spacial score (nSPS) is 17.7. The molecule has 0 radical (unpaired) electrons.